The van der Waals surface area contributed by atoms with Crippen LogP contribution in [0.1, 0.15) is 11.1 Å². The minimum absolute atomic E-state index is 0.0942. The van der Waals surface area contributed by atoms with Gasteiger partial charge in [-0.25, -0.2) is 4.79 Å². The summed E-state index contributed by atoms with van der Waals surface area (Å²) in [4.78, 5) is 35.5. The fraction of sp³-hybridized carbons (Fsp3) is 0.267. The van der Waals surface area contributed by atoms with Crippen molar-refractivity contribution >= 4 is 11.6 Å². The van der Waals surface area contributed by atoms with Gasteiger partial charge in [-0.1, -0.05) is 29.8 Å². The number of aromatic nitrogens is 2. The summed E-state index contributed by atoms with van der Waals surface area (Å²) in [6.07, 6.45) is 1.50. The molecule has 110 valence electrons. The average molecular weight is 287 g/mol. The molecule has 2 rings (SSSR count). The van der Waals surface area contributed by atoms with Gasteiger partial charge in [0.05, 0.1) is 6.42 Å². The van der Waals surface area contributed by atoms with E-state index in [9.17, 15) is 14.4 Å². The van der Waals surface area contributed by atoms with Crippen molar-refractivity contribution in [2.24, 2.45) is 14.1 Å². The van der Waals surface area contributed by atoms with Crippen LogP contribution in [0.3, 0.4) is 0 Å². The SMILES string of the molecule is Cc1ccc(CC(=O)Nc2cn(C)c(=O)n(C)c2=O)cc1. The second-order valence-corrected chi connectivity index (χ2v) is 5.01. The molecule has 1 N–H and O–H groups in total. The third-order valence-electron chi connectivity index (χ3n) is 3.21. The largest absolute Gasteiger partial charge is 0.330 e. The van der Waals surface area contributed by atoms with E-state index in [1.807, 2.05) is 31.2 Å². The Labute approximate surface area is 121 Å². The van der Waals surface area contributed by atoms with Crippen LogP contribution in [-0.4, -0.2) is 15.0 Å². The lowest BCUT2D eigenvalue weighted by atomic mass is 10.1. The Morgan fingerprint density at radius 1 is 1.14 bits per heavy atom. The number of hydrogen-bond acceptors (Lipinski definition) is 3. The van der Waals surface area contributed by atoms with E-state index in [4.69, 9.17) is 0 Å². The van der Waals surface area contributed by atoms with Crippen LogP contribution in [0.5, 0.6) is 0 Å². The molecular formula is C15H17N3O3. The number of anilines is 1. The highest BCUT2D eigenvalue weighted by atomic mass is 16.2. The molecule has 0 saturated heterocycles. The number of nitrogens with zero attached hydrogens (tertiary/aromatic N) is 2. The number of aryl methyl sites for hydroxylation is 2. The molecular weight excluding hydrogens is 270 g/mol. The van der Waals surface area contributed by atoms with Crippen LogP contribution in [0.4, 0.5) is 5.69 Å². The van der Waals surface area contributed by atoms with Gasteiger partial charge in [-0.15, -0.1) is 0 Å². The van der Waals surface area contributed by atoms with E-state index in [0.717, 1.165) is 15.7 Å². The van der Waals surface area contributed by atoms with Gasteiger partial charge in [-0.05, 0) is 12.5 Å². The first-order valence-electron chi connectivity index (χ1n) is 6.50. The minimum Gasteiger partial charge on any atom is -0.320 e. The van der Waals surface area contributed by atoms with Gasteiger partial charge < -0.3 is 9.88 Å². The van der Waals surface area contributed by atoms with Crippen LogP contribution in [0.25, 0.3) is 0 Å². The Morgan fingerprint density at radius 3 is 2.38 bits per heavy atom. The molecule has 0 aliphatic heterocycles. The van der Waals surface area contributed by atoms with E-state index in [1.165, 1.54) is 24.9 Å². The van der Waals surface area contributed by atoms with Crippen molar-refractivity contribution < 1.29 is 4.79 Å². The van der Waals surface area contributed by atoms with E-state index in [2.05, 4.69) is 5.32 Å². The maximum absolute atomic E-state index is 12.0. The number of benzene rings is 1. The summed E-state index contributed by atoms with van der Waals surface area (Å²) in [6, 6.07) is 7.59. The normalized spacial score (nSPS) is 10.4. The van der Waals surface area contributed by atoms with Crippen molar-refractivity contribution in [3.63, 3.8) is 0 Å². The maximum atomic E-state index is 12.0. The van der Waals surface area contributed by atoms with Crippen LogP contribution in [0, 0.1) is 6.92 Å². The summed E-state index contributed by atoms with van der Waals surface area (Å²) >= 11 is 0. The van der Waals surface area contributed by atoms with Gasteiger partial charge in [-0.2, -0.15) is 0 Å². The third-order valence-corrected chi connectivity index (χ3v) is 3.21. The first kappa shape index (κ1) is 14.8. The van der Waals surface area contributed by atoms with Crippen molar-refractivity contribution in [3.05, 3.63) is 62.4 Å². The lowest BCUT2D eigenvalue weighted by Gasteiger charge is -2.08. The van der Waals surface area contributed by atoms with Gasteiger partial charge in [0, 0.05) is 20.3 Å². The Bertz CT molecular complexity index is 785. The summed E-state index contributed by atoms with van der Waals surface area (Å²) in [6.45, 7) is 1.97. The van der Waals surface area contributed by atoms with Crippen LogP contribution in [0.15, 0.2) is 40.1 Å². The third kappa shape index (κ3) is 3.28. The highest BCUT2D eigenvalue weighted by Gasteiger charge is 2.10. The van der Waals surface area contributed by atoms with Gasteiger partial charge in [0.1, 0.15) is 5.69 Å². The molecule has 1 aromatic heterocycles. The first-order valence-corrected chi connectivity index (χ1v) is 6.50. The van der Waals surface area contributed by atoms with Crippen molar-refractivity contribution in [3.8, 4) is 0 Å². The Balaban J connectivity index is 2.19. The summed E-state index contributed by atoms with van der Waals surface area (Å²) in [7, 11) is 2.90. The molecule has 6 nitrogen and oxygen atoms in total. The van der Waals surface area contributed by atoms with Gasteiger partial charge in [0.25, 0.3) is 5.56 Å². The molecule has 0 aliphatic carbocycles. The van der Waals surface area contributed by atoms with Crippen LogP contribution in [0.2, 0.25) is 0 Å². The first-order chi connectivity index (χ1) is 9.88. The standard InChI is InChI=1S/C15H17N3O3/c1-10-4-6-11(7-5-10)8-13(19)16-12-9-17(2)15(21)18(3)14(12)20/h4-7,9H,8H2,1-3H3,(H,16,19). The van der Waals surface area contributed by atoms with Crippen molar-refractivity contribution in [1.29, 1.82) is 0 Å². The van der Waals surface area contributed by atoms with E-state index in [1.54, 1.807) is 0 Å². The number of nitrogens with one attached hydrogen (secondary N) is 1. The minimum atomic E-state index is -0.518. The number of amides is 1. The molecule has 1 amide bonds. The highest BCUT2D eigenvalue weighted by molar-refractivity contribution is 5.91. The summed E-state index contributed by atoms with van der Waals surface area (Å²) in [5, 5.41) is 2.55. The van der Waals surface area contributed by atoms with Gasteiger partial charge in [0.2, 0.25) is 5.91 Å². The van der Waals surface area contributed by atoms with Gasteiger partial charge in [-0.3, -0.25) is 14.2 Å². The van der Waals surface area contributed by atoms with Crippen molar-refractivity contribution in [2.45, 2.75) is 13.3 Å². The molecule has 0 fully saturated rings. The molecule has 1 aromatic carbocycles. The second kappa shape index (κ2) is 5.78. The summed E-state index contributed by atoms with van der Waals surface area (Å²) < 4.78 is 2.21. The lowest BCUT2D eigenvalue weighted by Crippen LogP contribution is -2.38. The maximum Gasteiger partial charge on any atom is 0.330 e. The quantitative estimate of drug-likeness (QED) is 0.897. The molecule has 21 heavy (non-hydrogen) atoms. The zero-order valence-electron chi connectivity index (χ0n) is 12.2. The summed E-state index contributed by atoms with van der Waals surface area (Å²) in [5.41, 5.74) is 1.12. The molecule has 0 unspecified atom stereocenters. The number of carbonyl (C=O) groups excluding carboxylic acids is 1. The Hall–Kier alpha value is -2.63. The molecule has 0 aliphatic rings. The molecule has 1 heterocycles. The Kier molecular flexibility index (Phi) is 4.07. The van der Waals surface area contributed by atoms with E-state index in [0.29, 0.717) is 0 Å². The number of hydrogen-bond donors (Lipinski definition) is 1. The van der Waals surface area contributed by atoms with Crippen LogP contribution in [-0.2, 0) is 25.3 Å². The zero-order valence-corrected chi connectivity index (χ0v) is 12.2. The molecule has 0 radical (unpaired) electrons. The molecule has 0 spiro atoms. The van der Waals surface area contributed by atoms with Gasteiger partial charge >= 0.3 is 5.69 Å². The van der Waals surface area contributed by atoms with Crippen molar-refractivity contribution in [2.75, 3.05) is 5.32 Å². The topological polar surface area (TPSA) is 73.1 Å². The number of carbonyl (C=O) groups is 1. The highest BCUT2D eigenvalue weighted by Crippen LogP contribution is 2.05. The predicted molar refractivity (Wildman–Crippen MR) is 80.4 cm³/mol. The van der Waals surface area contributed by atoms with E-state index in [-0.39, 0.29) is 18.0 Å². The van der Waals surface area contributed by atoms with Gasteiger partial charge in [0.15, 0.2) is 0 Å². The second-order valence-electron chi connectivity index (χ2n) is 5.01. The lowest BCUT2D eigenvalue weighted by molar-refractivity contribution is -0.115. The van der Waals surface area contributed by atoms with Crippen molar-refractivity contribution in [1.82, 2.24) is 9.13 Å². The predicted octanol–water partition coefficient (Wildman–Crippen LogP) is 0.574. The van der Waals surface area contributed by atoms with Crippen LogP contribution < -0.4 is 16.6 Å². The average Bonchev–Trinajstić information content (AvgIpc) is 2.45. The molecule has 6 heteroatoms. The fourth-order valence-corrected chi connectivity index (χ4v) is 1.98. The smallest absolute Gasteiger partial charge is 0.320 e. The summed E-state index contributed by atoms with van der Waals surface area (Å²) in [5.74, 6) is -0.297. The molecule has 2 aromatic rings. The molecule has 0 saturated carbocycles. The van der Waals surface area contributed by atoms with E-state index < -0.39 is 11.2 Å². The molecule has 0 bridgehead atoms. The zero-order chi connectivity index (χ0) is 15.6. The number of rotatable bonds is 3. The van der Waals surface area contributed by atoms with Crippen LogP contribution >= 0.6 is 0 Å². The molecule has 0 atom stereocenters. The van der Waals surface area contributed by atoms with E-state index >= 15 is 0 Å². The monoisotopic (exact) mass is 287 g/mol. The Morgan fingerprint density at radius 2 is 1.76 bits per heavy atom. The fourth-order valence-electron chi connectivity index (χ4n) is 1.98.